The molecular formula is C17H18ClNO2. The van der Waals surface area contributed by atoms with E-state index in [1.165, 1.54) is 0 Å². The van der Waals surface area contributed by atoms with Crippen molar-refractivity contribution in [2.75, 3.05) is 14.1 Å². The molecule has 110 valence electrons. The van der Waals surface area contributed by atoms with Gasteiger partial charge in [0.25, 0.3) is 0 Å². The first-order valence-corrected chi connectivity index (χ1v) is 7.10. The molecule has 21 heavy (non-hydrogen) atoms. The molecule has 0 saturated carbocycles. The first-order valence-electron chi connectivity index (χ1n) is 6.72. The lowest BCUT2D eigenvalue weighted by molar-refractivity contribution is -0.111. The van der Waals surface area contributed by atoms with Crippen molar-refractivity contribution in [1.29, 1.82) is 0 Å². The molecule has 0 aliphatic heterocycles. The van der Waals surface area contributed by atoms with E-state index < -0.39 is 0 Å². The first-order chi connectivity index (χ1) is 10.0. The van der Waals surface area contributed by atoms with Crippen LogP contribution in [-0.4, -0.2) is 24.2 Å². The lowest BCUT2D eigenvalue weighted by atomic mass is 10.1. The highest BCUT2D eigenvalue weighted by Gasteiger charge is 2.07. The summed E-state index contributed by atoms with van der Waals surface area (Å²) in [7, 11) is 4.03. The number of rotatable bonds is 6. The standard InChI is InChI=1S/C17H18ClNO2/c1-19(2)12-14-7-3-4-9-16(14)21-15-8-5-6-13(10-15)11-17(18)20/h3-10H,11-12H2,1-2H3. The Morgan fingerprint density at radius 2 is 1.90 bits per heavy atom. The number of para-hydroxylation sites is 1. The topological polar surface area (TPSA) is 29.5 Å². The second-order valence-electron chi connectivity index (χ2n) is 5.13. The number of hydrogen-bond donors (Lipinski definition) is 0. The zero-order valence-corrected chi connectivity index (χ0v) is 12.9. The predicted molar refractivity (Wildman–Crippen MR) is 84.9 cm³/mol. The Morgan fingerprint density at radius 3 is 2.62 bits per heavy atom. The highest BCUT2D eigenvalue weighted by atomic mass is 35.5. The van der Waals surface area contributed by atoms with Crippen LogP contribution in [0.15, 0.2) is 48.5 Å². The number of carbonyl (C=O) groups excluding carboxylic acids is 1. The average Bonchev–Trinajstić information content (AvgIpc) is 2.40. The fourth-order valence-electron chi connectivity index (χ4n) is 2.08. The number of ether oxygens (including phenoxy) is 1. The van der Waals surface area contributed by atoms with Gasteiger partial charge in [0.15, 0.2) is 0 Å². The fraction of sp³-hybridized carbons (Fsp3) is 0.235. The third-order valence-electron chi connectivity index (χ3n) is 2.93. The summed E-state index contributed by atoms with van der Waals surface area (Å²) in [6, 6.07) is 15.4. The number of benzene rings is 2. The molecule has 0 amide bonds. The molecule has 0 radical (unpaired) electrons. The van der Waals surface area contributed by atoms with E-state index in [4.69, 9.17) is 16.3 Å². The van der Waals surface area contributed by atoms with Crippen LogP contribution in [0.4, 0.5) is 0 Å². The fourth-order valence-corrected chi connectivity index (χ4v) is 2.24. The van der Waals surface area contributed by atoms with Crippen LogP contribution in [0.2, 0.25) is 0 Å². The maximum Gasteiger partial charge on any atom is 0.226 e. The van der Waals surface area contributed by atoms with Gasteiger partial charge in [0.05, 0.1) is 0 Å². The summed E-state index contributed by atoms with van der Waals surface area (Å²) in [6.45, 7) is 0.802. The minimum absolute atomic E-state index is 0.206. The molecule has 0 fully saturated rings. The van der Waals surface area contributed by atoms with E-state index in [1.807, 2.05) is 62.6 Å². The zero-order chi connectivity index (χ0) is 15.2. The molecule has 0 heterocycles. The molecule has 2 aromatic carbocycles. The Balaban J connectivity index is 2.20. The van der Waals surface area contributed by atoms with E-state index >= 15 is 0 Å². The highest BCUT2D eigenvalue weighted by molar-refractivity contribution is 6.63. The highest BCUT2D eigenvalue weighted by Crippen LogP contribution is 2.26. The SMILES string of the molecule is CN(C)Cc1ccccc1Oc1cccc(CC(=O)Cl)c1. The lowest BCUT2D eigenvalue weighted by Crippen LogP contribution is -2.11. The van der Waals surface area contributed by atoms with Gasteiger partial charge in [-0.2, -0.15) is 0 Å². The van der Waals surface area contributed by atoms with Crippen LogP contribution in [0.25, 0.3) is 0 Å². The second-order valence-corrected chi connectivity index (χ2v) is 5.55. The zero-order valence-electron chi connectivity index (χ0n) is 12.2. The summed E-state index contributed by atoms with van der Waals surface area (Å²) in [5, 5.41) is -0.375. The van der Waals surface area contributed by atoms with Gasteiger partial charge in [-0.15, -0.1) is 0 Å². The molecule has 0 aromatic heterocycles. The molecule has 4 heteroatoms. The second kappa shape index (κ2) is 7.25. The Morgan fingerprint density at radius 1 is 1.14 bits per heavy atom. The monoisotopic (exact) mass is 303 g/mol. The van der Waals surface area contributed by atoms with Crippen LogP contribution in [0, 0.1) is 0 Å². The molecular weight excluding hydrogens is 286 g/mol. The summed E-state index contributed by atoms with van der Waals surface area (Å²) in [5.41, 5.74) is 1.96. The number of carbonyl (C=O) groups is 1. The van der Waals surface area contributed by atoms with Crippen molar-refractivity contribution in [3.05, 3.63) is 59.7 Å². The van der Waals surface area contributed by atoms with E-state index in [2.05, 4.69) is 4.90 Å². The van der Waals surface area contributed by atoms with E-state index in [9.17, 15) is 4.79 Å². The first kappa shape index (κ1) is 15.5. The summed E-state index contributed by atoms with van der Waals surface area (Å²) in [6.07, 6.45) is 0.206. The van der Waals surface area contributed by atoms with Crippen LogP contribution >= 0.6 is 11.6 Å². The van der Waals surface area contributed by atoms with Gasteiger partial charge in [0.2, 0.25) is 5.24 Å². The number of nitrogens with zero attached hydrogens (tertiary/aromatic N) is 1. The Kier molecular flexibility index (Phi) is 5.37. The molecule has 0 spiro atoms. The summed E-state index contributed by atoms with van der Waals surface area (Å²) < 4.78 is 5.95. The van der Waals surface area contributed by atoms with E-state index in [1.54, 1.807) is 0 Å². The van der Waals surface area contributed by atoms with Gasteiger partial charge in [-0.1, -0.05) is 30.3 Å². The van der Waals surface area contributed by atoms with Crippen LogP contribution in [0.5, 0.6) is 11.5 Å². The smallest absolute Gasteiger partial charge is 0.226 e. The molecule has 0 saturated heterocycles. The molecule has 0 bridgehead atoms. The van der Waals surface area contributed by atoms with Crippen molar-refractivity contribution in [2.45, 2.75) is 13.0 Å². The molecule has 0 N–H and O–H groups in total. The maximum atomic E-state index is 11.0. The largest absolute Gasteiger partial charge is 0.457 e. The van der Waals surface area contributed by atoms with Gasteiger partial charge >= 0.3 is 0 Å². The molecule has 0 atom stereocenters. The van der Waals surface area contributed by atoms with Crippen LogP contribution in [-0.2, 0) is 17.8 Å². The minimum Gasteiger partial charge on any atom is -0.457 e. The average molecular weight is 304 g/mol. The van der Waals surface area contributed by atoms with Gasteiger partial charge in [-0.05, 0) is 49.5 Å². The van der Waals surface area contributed by atoms with Gasteiger partial charge in [0, 0.05) is 18.5 Å². The Labute approximate surface area is 130 Å². The van der Waals surface area contributed by atoms with Crippen molar-refractivity contribution in [2.24, 2.45) is 0 Å². The molecule has 0 aliphatic rings. The number of hydrogen-bond acceptors (Lipinski definition) is 3. The van der Waals surface area contributed by atoms with Crippen molar-refractivity contribution in [3.63, 3.8) is 0 Å². The predicted octanol–water partition coefficient (Wildman–Crippen LogP) is 3.85. The van der Waals surface area contributed by atoms with E-state index in [-0.39, 0.29) is 11.7 Å². The van der Waals surface area contributed by atoms with Crippen molar-refractivity contribution >= 4 is 16.8 Å². The van der Waals surface area contributed by atoms with E-state index in [0.29, 0.717) is 5.75 Å². The maximum absolute atomic E-state index is 11.0. The summed E-state index contributed by atoms with van der Waals surface area (Å²) in [5.74, 6) is 1.53. The van der Waals surface area contributed by atoms with Crippen molar-refractivity contribution in [1.82, 2.24) is 4.90 Å². The third-order valence-corrected chi connectivity index (χ3v) is 3.06. The van der Waals surface area contributed by atoms with Crippen LogP contribution in [0.1, 0.15) is 11.1 Å². The third kappa shape index (κ3) is 4.88. The van der Waals surface area contributed by atoms with Crippen molar-refractivity contribution < 1.29 is 9.53 Å². The Hall–Kier alpha value is -1.84. The molecule has 2 aromatic rings. The molecule has 3 nitrogen and oxygen atoms in total. The van der Waals surface area contributed by atoms with E-state index in [0.717, 1.165) is 23.4 Å². The molecule has 2 rings (SSSR count). The summed E-state index contributed by atoms with van der Waals surface area (Å²) in [4.78, 5) is 13.1. The van der Waals surface area contributed by atoms with Gasteiger partial charge < -0.3 is 9.64 Å². The summed E-state index contributed by atoms with van der Waals surface area (Å²) >= 11 is 5.42. The van der Waals surface area contributed by atoms with Crippen molar-refractivity contribution in [3.8, 4) is 11.5 Å². The van der Waals surface area contributed by atoms with Crippen LogP contribution in [0.3, 0.4) is 0 Å². The molecule has 0 aliphatic carbocycles. The van der Waals surface area contributed by atoms with Gasteiger partial charge in [-0.25, -0.2) is 0 Å². The van der Waals surface area contributed by atoms with Crippen LogP contribution < -0.4 is 4.74 Å². The quantitative estimate of drug-likeness (QED) is 0.759. The van der Waals surface area contributed by atoms with Gasteiger partial charge in [0.1, 0.15) is 11.5 Å². The molecule has 0 unspecified atom stereocenters. The lowest BCUT2D eigenvalue weighted by Gasteiger charge is -2.15. The Bertz CT molecular complexity index is 626. The number of halogens is 1. The van der Waals surface area contributed by atoms with Gasteiger partial charge in [-0.3, -0.25) is 4.79 Å². The minimum atomic E-state index is -0.375. The normalized spacial score (nSPS) is 10.7.